The maximum atomic E-state index is 5.65. The zero-order chi connectivity index (χ0) is 14.5. The van der Waals surface area contributed by atoms with Crippen molar-refractivity contribution in [2.45, 2.75) is 26.2 Å². The second-order valence-electron chi connectivity index (χ2n) is 4.77. The minimum atomic E-state index is 0.605. The molecule has 110 valence electrons. The monoisotopic (exact) mass is 357 g/mol. The molecule has 3 nitrogen and oxygen atoms in total. The highest BCUT2D eigenvalue weighted by atomic mass is 79.9. The van der Waals surface area contributed by atoms with Crippen molar-refractivity contribution in [1.29, 1.82) is 0 Å². The molecule has 0 atom stereocenters. The predicted octanol–water partition coefficient (Wildman–Crippen LogP) is 4.02. The Kier molecular flexibility index (Phi) is 5.66. The van der Waals surface area contributed by atoms with Gasteiger partial charge in [-0.1, -0.05) is 12.2 Å². The normalized spacial score (nSPS) is 15.1. The highest BCUT2D eigenvalue weighted by Gasteiger charge is 2.19. The summed E-state index contributed by atoms with van der Waals surface area (Å²) in [6, 6.07) is 3.90. The molecular weight excluding hydrogens is 338 g/mol. The molecule has 0 radical (unpaired) electrons. The zero-order valence-corrected chi connectivity index (χ0v) is 14.3. The SMILES string of the molecule is CCOc1cc(C(=S)N2CCCCC2)c(Br)cc1OC. The van der Waals surface area contributed by atoms with Gasteiger partial charge in [-0.25, -0.2) is 0 Å². The van der Waals surface area contributed by atoms with Gasteiger partial charge in [0.2, 0.25) is 0 Å². The Morgan fingerprint density at radius 3 is 2.55 bits per heavy atom. The lowest BCUT2D eigenvalue weighted by Crippen LogP contribution is -2.35. The van der Waals surface area contributed by atoms with Crippen molar-refractivity contribution in [2.24, 2.45) is 0 Å². The van der Waals surface area contributed by atoms with Crippen LogP contribution in [0.5, 0.6) is 11.5 Å². The molecule has 0 spiro atoms. The molecule has 0 bridgehead atoms. The highest BCUT2D eigenvalue weighted by molar-refractivity contribution is 9.10. The van der Waals surface area contributed by atoms with Crippen LogP contribution in [0.2, 0.25) is 0 Å². The summed E-state index contributed by atoms with van der Waals surface area (Å²) >= 11 is 9.24. The standard InChI is InChI=1S/C15H20BrNO2S/c1-3-19-14-9-11(12(16)10-13(14)18-2)15(20)17-7-5-4-6-8-17/h9-10H,3-8H2,1-2H3. The molecule has 1 aliphatic rings. The van der Waals surface area contributed by atoms with Crippen molar-refractivity contribution in [3.63, 3.8) is 0 Å². The summed E-state index contributed by atoms with van der Waals surface area (Å²) in [5.74, 6) is 1.47. The lowest BCUT2D eigenvalue weighted by Gasteiger charge is -2.29. The van der Waals surface area contributed by atoms with Crippen LogP contribution in [0.25, 0.3) is 0 Å². The molecule has 1 heterocycles. The van der Waals surface area contributed by atoms with Crippen LogP contribution < -0.4 is 9.47 Å². The van der Waals surface area contributed by atoms with E-state index in [2.05, 4.69) is 20.8 Å². The maximum absolute atomic E-state index is 5.65. The highest BCUT2D eigenvalue weighted by Crippen LogP contribution is 2.34. The Bertz CT molecular complexity index is 487. The maximum Gasteiger partial charge on any atom is 0.161 e. The number of halogens is 1. The van der Waals surface area contributed by atoms with Crippen LogP contribution in [0.15, 0.2) is 16.6 Å². The largest absolute Gasteiger partial charge is 0.493 e. The number of benzene rings is 1. The summed E-state index contributed by atoms with van der Waals surface area (Å²) < 4.78 is 11.9. The van der Waals surface area contributed by atoms with Gasteiger partial charge in [-0.2, -0.15) is 0 Å². The Hall–Kier alpha value is -0.810. The number of likely N-dealkylation sites (tertiary alicyclic amines) is 1. The molecule has 1 fully saturated rings. The van der Waals surface area contributed by atoms with E-state index in [1.807, 2.05) is 19.1 Å². The molecule has 1 aromatic carbocycles. The number of ether oxygens (including phenoxy) is 2. The number of hydrogen-bond donors (Lipinski definition) is 0. The molecule has 1 saturated heterocycles. The van der Waals surface area contributed by atoms with Gasteiger partial charge in [0.25, 0.3) is 0 Å². The second kappa shape index (κ2) is 7.27. The smallest absolute Gasteiger partial charge is 0.161 e. The van der Waals surface area contributed by atoms with Crippen LogP contribution in [0.1, 0.15) is 31.7 Å². The van der Waals surface area contributed by atoms with E-state index in [-0.39, 0.29) is 0 Å². The number of rotatable bonds is 4. The first-order chi connectivity index (χ1) is 9.67. The summed E-state index contributed by atoms with van der Waals surface area (Å²) in [5, 5.41) is 0. The van der Waals surface area contributed by atoms with Gasteiger partial charge in [-0.15, -0.1) is 0 Å². The molecule has 1 aliphatic heterocycles. The summed E-state index contributed by atoms with van der Waals surface area (Å²) in [6.07, 6.45) is 3.73. The van der Waals surface area contributed by atoms with Crippen LogP contribution in [0.4, 0.5) is 0 Å². The van der Waals surface area contributed by atoms with E-state index in [4.69, 9.17) is 21.7 Å². The van der Waals surface area contributed by atoms with Gasteiger partial charge in [-0.05, 0) is 54.2 Å². The third-order valence-corrected chi connectivity index (χ3v) is 4.56. The molecule has 0 aromatic heterocycles. The first kappa shape index (κ1) is 15.6. The minimum absolute atomic E-state index is 0.605. The Labute approximate surface area is 134 Å². The van der Waals surface area contributed by atoms with Crippen LogP contribution in [-0.2, 0) is 0 Å². The first-order valence-electron chi connectivity index (χ1n) is 6.97. The number of methoxy groups -OCH3 is 1. The fourth-order valence-corrected chi connectivity index (χ4v) is 3.39. The fraction of sp³-hybridized carbons (Fsp3) is 0.533. The first-order valence-corrected chi connectivity index (χ1v) is 8.17. The molecule has 0 aliphatic carbocycles. The molecule has 20 heavy (non-hydrogen) atoms. The molecule has 0 N–H and O–H groups in total. The van der Waals surface area contributed by atoms with Gasteiger partial charge in [0.05, 0.1) is 13.7 Å². The third-order valence-electron chi connectivity index (χ3n) is 3.43. The summed E-state index contributed by atoms with van der Waals surface area (Å²) in [5.41, 5.74) is 1.01. The van der Waals surface area contributed by atoms with Crippen molar-refractivity contribution in [1.82, 2.24) is 4.90 Å². The number of thiocarbonyl (C=S) groups is 1. The van der Waals surface area contributed by atoms with Crippen molar-refractivity contribution in [3.05, 3.63) is 22.2 Å². The fourth-order valence-electron chi connectivity index (χ4n) is 2.39. The van der Waals surface area contributed by atoms with Crippen LogP contribution >= 0.6 is 28.1 Å². The van der Waals surface area contributed by atoms with Gasteiger partial charge in [0.15, 0.2) is 11.5 Å². The zero-order valence-electron chi connectivity index (χ0n) is 11.9. The lowest BCUT2D eigenvalue weighted by molar-refractivity contribution is 0.310. The van der Waals surface area contributed by atoms with Gasteiger partial charge in [0.1, 0.15) is 4.99 Å². The quantitative estimate of drug-likeness (QED) is 0.758. The summed E-state index contributed by atoms with van der Waals surface area (Å²) in [7, 11) is 1.65. The van der Waals surface area contributed by atoms with Gasteiger partial charge < -0.3 is 14.4 Å². The van der Waals surface area contributed by atoms with Gasteiger partial charge in [0, 0.05) is 23.1 Å². The minimum Gasteiger partial charge on any atom is -0.493 e. The molecule has 2 rings (SSSR count). The Balaban J connectivity index is 2.29. The average Bonchev–Trinajstić information content (AvgIpc) is 2.49. The van der Waals surface area contributed by atoms with Crippen LogP contribution in [-0.4, -0.2) is 36.7 Å². The van der Waals surface area contributed by atoms with Crippen molar-refractivity contribution >= 4 is 33.1 Å². The molecule has 0 amide bonds. The average molecular weight is 358 g/mol. The lowest BCUT2D eigenvalue weighted by atomic mass is 10.1. The van der Waals surface area contributed by atoms with E-state index in [1.165, 1.54) is 19.3 Å². The predicted molar refractivity (Wildman–Crippen MR) is 89.0 cm³/mol. The van der Waals surface area contributed by atoms with E-state index in [0.29, 0.717) is 6.61 Å². The second-order valence-corrected chi connectivity index (χ2v) is 6.01. The van der Waals surface area contributed by atoms with E-state index < -0.39 is 0 Å². The third kappa shape index (κ3) is 3.44. The summed E-state index contributed by atoms with van der Waals surface area (Å²) in [6.45, 7) is 4.65. The van der Waals surface area contributed by atoms with Crippen LogP contribution in [0, 0.1) is 0 Å². The van der Waals surface area contributed by atoms with Crippen molar-refractivity contribution in [3.8, 4) is 11.5 Å². The molecule has 5 heteroatoms. The van der Waals surface area contributed by atoms with E-state index in [1.54, 1.807) is 7.11 Å². The molecule has 0 saturated carbocycles. The Morgan fingerprint density at radius 1 is 1.25 bits per heavy atom. The van der Waals surface area contributed by atoms with E-state index in [9.17, 15) is 0 Å². The number of piperidine rings is 1. The topological polar surface area (TPSA) is 21.7 Å². The molecule has 0 unspecified atom stereocenters. The van der Waals surface area contributed by atoms with Crippen molar-refractivity contribution in [2.75, 3.05) is 26.8 Å². The molecular formula is C15H20BrNO2S. The van der Waals surface area contributed by atoms with Crippen LogP contribution in [0.3, 0.4) is 0 Å². The van der Waals surface area contributed by atoms with Gasteiger partial charge >= 0.3 is 0 Å². The van der Waals surface area contributed by atoms with E-state index >= 15 is 0 Å². The summed E-state index contributed by atoms with van der Waals surface area (Å²) in [4.78, 5) is 3.17. The Morgan fingerprint density at radius 2 is 1.95 bits per heavy atom. The van der Waals surface area contributed by atoms with E-state index in [0.717, 1.165) is 39.6 Å². The van der Waals surface area contributed by atoms with Crippen molar-refractivity contribution < 1.29 is 9.47 Å². The number of nitrogens with zero attached hydrogens (tertiary/aromatic N) is 1. The molecule has 1 aromatic rings. The van der Waals surface area contributed by atoms with Gasteiger partial charge in [-0.3, -0.25) is 0 Å². The number of hydrogen-bond acceptors (Lipinski definition) is 3.